The van der Waals surface area contributed by atoms with Crippen molar-refractivity contribution in [2.24, 2.45) is 0 Å². The SMILES string of the molecule is CS(=O)(=O)N(CC(Nc1ncc(C#N)cn1)c1ccc(OC(F)(F)F)cc1)CC(F)(F)F. The summed E-state index contributed by atoms with van der Waals surface area (Å²) in [6.45, 7) is -2.53. The number of benzene rings is 1. The molecule has 0 amide bonds. The molecule has 1 aromatic carbocycles. The van der Waals surface area contributed by atoms with Crippen molar-refractivity contribution in [2.75, 3.05) is 24.7 Å². The molecular weight excluding hydrogens is 468 g/mol. The molecule has 15 heteroatoms. The third kappa shape index (κ3) is 8.19. The van der Waals surface area contributed by atoms with Gasteiger partial charge in [0.2, 0.25) is 16.0 Å². The van der Waals surface area contributed by atoms with Gasteiger partial charge < -0.3 is 10.1 Å². The summed E-state index contributed by atoms with van der Waals surface area (Å²) in [7, 11) is -4.32. The van der Waals surface area contributed by atoms with E-state index in [0.717, 1.165) is 36.7 Å². The fraction of sp³-hybridized carbons (Fsp3) is 0.353. The first kappa shape index (κ1) is 25.1. The van der Waals surface area contributed by atoms with Gasteiger partial charge in [-0.2, -0.15) is 22.7 Å². The molecule has 0 bridgehead atoms. The van der Waals surface area contributed by atoms with E-state index < -0.39 is 47.4 Å². The molecule has 0 radical (unpaired) electrons. The Hall–Kier alpha value is -3.12. The molecule has 0 saturated carbocycles. The predicted octanol–water partition coefficient (Wildman–Crippen LogP) is 3.22. The van der Waals surface area contributed by atoms with Crippen molar-refractivity contribution in [3.8, 4) is 11.8 Å². The Morgan fingerprint density at radius 3 is 2.12 bits per heavy atom. The number of anilines is 1. The highest BCUT2D eigenvalue weighted by molar-refractivity contribution is 7.88. The lowest BCUT2D eigenvalue weighted by Gasteiger charge is -2.27. The average Bonchev–Trinajstić information content (AvgIpc) is 2.65. The van der Waals surface area contributed by atoms with Crippen LogP contribution >= 0.6 is 0 Å². The first-order valence-electron chi connectivity index (χ1n) is 8.52. The Morgan fingerprint density at radius 1 is 1.12 bits per heavy atom. The summed E-state index contributed by atoms with van der Waals surface area (Å²) in [5.74, 6) is -0.727. The van der Waals surface area contributed by atoms with Gasteiger partial charge in [-0.3, -0.25) is 0 Å². The summed E-state index contributed by atoms with van der Waals surface area (Å²) < 4.78 is 104. The highest BCUT2D eigenvalue weighted by Crippen LogP contribution is 2.27. The van der Waals surface area contributed by atoms with Gasteiger partial charge in [0.15, 0.2) is 0 Å². The summed E-state index contributed by atoms with van der Waals surface area (Å²) in [6.07, 6.45) is -6.96. The van der Waals surface area contributed by atoms with Crippen molar-refractivity contribution in [1.82, 2.24) is 14.3 Å². The molecule has 0 fully saturated rings. The van der Waals surface area contributed by atoms with Crippen LogP contribution in [0.4, 0.5) is 32.3 Å². The van der Waals surface area contributed by atoms with Crippen LogP contribution in [0.25, 0.3) is 0 Å². The van der Waals surface area contributed by atoms with E-state index in [9.17, 15) is 34.8 Å². The van der Waals surface area contributed by atoms with Gasteiger partial charge in [0.25, 0.3) is 0 Å². The number of nitrogens with zero attached hydrogens (tertiary/aromatic N) is 4. The number of nitrogens with one attached hydrogen (secondary N) is 1. The van der Waals surface area contributed by atoms with Gasteiger partial charge in [-0.25, -0.2) is 18.4 Å². The van der Waals surface area contributed by atoms with Crippen LogP contribution in [0.15, 0.2) is 36.7 Å². The van der Waals surface area contributed by atoms with E-state index in [0.29, 0.717) is 6.26 Å². The molecule has 1 N–H and O–H groups in total. The van der Waals surface area contributed by atoms with Crippen molar-refractivity contribution in [1.29, 1.82) is 5.26 Å². The lowest BCUT2D eigenvalue weighted by Crippen LogP contribution is -2.42. The third-order valence-corrected chi connectivity index (χ3v) is 5.03. The number of rotatable bonds is 8. The summed E-state index contributed by atoms with van der Waals surface area (Å²) in [6, 6.07) is 4.66. The van der Waals surface area contributed by atoms with Crippen molar-refractivity contribution < 1.29 is 39.5 Å². The first-order valence-corrected chi connectivity index (χ1v) is 10.4. The van der Waals surface area contributed by atoms with Gasteiger partial charge in [0.1, 0.15) is 18.4 Å². The van der Waals surface area contributed by atoms with Crippen LogP contribution in [0.5, 0.6) is 5.75 Å². The molecule has 2 aromatic rings. The van der Waals surface area contributed by atoms with Crippen LogP contribution in [0, 0.1) is 11.3 Å². The van der Waals surface area contributed by atoms with Crippen LogP contribution in [0.3, 0.4) is 0 Å². The smallest absolute Gasteiger partial charge is 0.406 e. The number of hydrogen-bond acceptors (Lipinski definition) is 7. The largest absolute Gasteiger partial charge is 0.573 e. The second kappa shape index (κ2) is 9.57. The van der Waals surface area contributed by atoms with Crippen molar-refractivity contribution in [2.45, 2.75) is 18.6 Å². The molecule has 0 aliphatic rings. The maximum atomic E-state index is 12.9. The molecule has 32 heavy (non-hydrogen) atoms. The van der Waals surface area contributed by atoms with E-state index in [4.69, 9.17) is 5.26 Å². The molecule has 1 atom stereocenters. The molecule has 1 aromatic heterocycles. The van der Waals surface area contributed by atoms with E-state index in [1.165, 1.54) is 0 Å². The van der Waals surface area contributed by atoms with Crippen LogP contribution in [0.2, 0.25) is 0 Å². The molecule has 1 unspecified atom stereocenters. The van der Waals surface area contributed by atoms with Gasteiger partial charge in [-0.1, -0.05) is 12.1 Å². The van der Waals surface area contributed by atoms with Crippen molar-refractivity contribution in [3.05, 3.63) is 47.8 Å². The van der Waals surface area contributed by atoms with Crippen molar-refractivity contribution in [3.63, 3.8) is 0 Å². The highest BCUT2D eigenvalue weighted by Gasteiger charge is 2.36. The van der Waals surface area contributed by atoms with Crippen LogP contribution < -0.4 is 10.1 Å². The topological polar surface area (TPSA) is 108 Å². The summed E-state index contributed by atoms with van der Waals surface area (Å²) in [5, 5.41) is 11.4. The fourth-order valence-electron chi connectivity index (χ4n) is 2.47. The second-order valence-corrected chi connectivity index (χ2v) is 8.37. The zero-order chi connectivity index (χ0) is 24.2. The summed E-state index contributed by atoms with van der Waals surface area (Å²) in [5.41, 5.74) is 0.221. The Morgan fingerprint density at radius 2 is 1.69 bits per heavy atom. The highest BCUT2D eigenvalue weighted by atomic mass is 32.2. The minimum absolute atomic E-state index is 0.0931. The molecule has 174 valence electrons. The van der Waals surface area contributed by atoms with Gasteiger partial charge in [0.05, 0.1) is 30.3 Å². The molecule has 0 spiro atoms. The standard InChI is InChI=1S/C17H15F6N5O3S/c1-32(29,30)28(10-16(18,19)20)9-14(27-15-25-7-11(6-24)8-26-15)12-2-4-13(5-3-12)31-17(21,22)23/h2-5,7-8,14H,9-10H2,1H3,(H,25,26,27). The normalized spacial score (nSPS) is 13.5. The number of alkyl halides is 6. The fourth-order valence-corrected chi connectivity index (χ4v) is 3.27. The van der Waals surface area contributed by atoms with Gasteiger partial charge >= 0.3 is 12.5 Å². The van der Waals surface area contributed by atoms with Crippen LogP contribution in [0.1, 0.15) is 17.2 Å². The molecule has 2 rings (SSSR count). The predicted molar refractivity (Wildman–Crippen MR) is 98.7 cm³/mol. The number of ether oxygens (including phenoxy) is 1. The third-order valence-electron chi connectivity index (χ3n) is 3.81. The van der Waals surface area contributed by atoms with Crippen molar-refractivity contribution >= 4 is 16.0 Å². The Bertz CT molecular complexity index is 1050. The van der Waals surface area contributed by atoms with E-state index in [1.807, 2.05) is 0 Å². The minimum atomic E-state index is -4.95. The first-order chi connectivity index (χ1) is 14.7. The zero-order valence-electron chi connectivity index (χ0n) is 16.1. The number of hydrogen-bond donors (Lipinski definition) is 1. The van der Waals surface area contributed by atoms with Crippen LogP contribution in [-0.4, -0.2) is 54.6 Å². The number of sulfonamides is 1. The Labute approximate surface area is 178 Å². The Kier molecular flexibility index (Phi) is 7.52. The average molecular weight is 483 g/mol. The number of nitriles is 1. The van der Waals surface area contributed by atoms with E-state index in [-0.39, 0.29) is 21.4 Å². The van der Waals surface area contributed by atoms with Crippen LogP contribution in [-0.2, 0) is 10.0 Å². The van der Waals surface area contributed by atoms with E-state index >= 15 is 0 Å². The molecule has 1 heterocycles. The molecule has 0 saturated heterocycles. The lowest BCUT2D eigenvalue weighted by molar-refractivity contribution is -0.274. The quantitative estimate of drug-likeness (QED) is 0.575. The van der Waals surface area contributed by atoms with Gasteiger partial charge in [-0.15, -0.1) is 13.2 Å². The molecule has 0 aliphatic carbocycles. The van der Waals surface area contributed by atoms with E-state index in [2.05, 4.69) is 20.0 Å². The van der Waals surface area contributed by atoms with E-state index in [1.54, 1.807) is 6.07 Å². The van der Waals surface area contributed by atoms with Gasteiger partial charge in [0, 0.05) is 6.54 Å². The summed E-state index contributed by atoms with van der Waals surface area (Å²) in [4.78, 5) is 7.63. The zero-order valence-corrected chi connectivity index (χ0v) is 17.0. The summed E-state index contributed by atoms with van der Waals surface area (Å²) >= 11 is 0. The molecule has 0 aliphatic heterocycles. The monoisotopic (exact) mass is 483 g/mol. The minimum Gasteiger partial charge on any atom is -0.406 e. The Balaban J connectivity index is 2.38. The molecular formula is C17H15F6N5O3S. The second-order valence-electron chi connectivity index (χ2n) is 6.39. The maximum absolute atomic E-state index is 12.9. The van der Waals surface area contributed by atoms with Gasteiger partial charge in [-0.05, 0) is 17.7 Å². The number of aromatic nitrogens is 2. The lowest BCUT2D eigenvalue weighted by atomic mass is 10.1. The molecule has 8 nitrogen and oxygen atoms in total. The number of halogens is 6. The maximum Gasteiger partial charge on any atom is 0.573 e.